The van der Waals surface area contributed by atoms with Crippen molar-refractivity contribution in [1.82, 2.24) is 0 Å². The van der Waals surface area contributed by atoms with Crippen molar-refractivity contribution in [3.05, 3.63) is 35.4 Å². The molecule has 1 heteroatoms. The van der Waals surface area contributed by atoms with Crippen LogP contribution in [-0.2, 0) is 6.42 Å². The van der Waals surface area contributed by atoms with Crippen LogP contribution >= 0.6 is 0 Å². The molecule has 16 heavy (non-hydrogen) atoms. The molecule has 0 atom stereocenters. The van der Waals surface area contributed by atoms with Gasteiger partial charge in [-0.25, -0.2) is 0 Å². The van der Waals surface area contributed by atoms with E-state index in [1.807, 2.05) is 0 Å². The summed E-state index contributed by atoms with van der Waals surface area (Å²) in [6, 6.07) is 9.21. The number of benzene rings is 1. The minimum Gasteiger partial charge on any atom is -0.328 e. The summed E-state index contributed by atoms with van der Waals surface area (Å²) in [5, 5.41) is 0. The quantitative estimate of drug-likeness (QED) is 0.806. The summed E-state index contributed by atoms with van der Waals surface area (Å²) in [6.07, 6.45) is 6.17. The van der Waals surface area contributed by atoms with Crippen molar-refractivity contribution in [2.75, 3.05) is 0 Å². The van der Waals surface area contributed by atoms with E-state index in [4.69, 9.17) is 5.73 Å². The van der Waals surface area contributed by atoms with E-state index >= 15 is 0 Å². The van der Waals surface area contributed by atoms with Crippen LogP contribution < -0.4 is 5.73 Å². The largest absolute Gasteiger partial charge is 0.328 e. The molecule has 0 spiro atoms. The third-order valence-corrected chi connectivity index (χ3v) is 4.12. The van der Waals surface area contributed by atoms with Gasteiger partial charge in [-0.1, -0.05) is 31.2 Å². The predicted molar refractivity (Wildman–Crippen MR) is 69.4 cm³/mol. The zero-order chi connectivity index (χ0) is 11.6. The second-order valence-corrected chi connectivity index (χ2v) is 5.75. The lowest BCUT2D eigenvalue weighted by atomic mass is 9.70. The molecule has 1 saturated carbocycles. The van der Waals surface area contributed by atoms with Crippen molar-refractivity contribution < 1.29 is 0 Å². The van der Waals surface area contributed by atoms with Gasteiger partial charge in [-0.3, -0.25) is 0 Å². The zero-order valence-electron chi connectivity index (χ0n) is 10.5. The Bertz CT molecular complexity index is 348. The highest BCUT2D eigenvalue weighted by Crippen LogP contribution is 2.38. The third-order valence-electron chi connectivity index (χ3n) is 4.12. The molecule has 1 aliphatic carbocycles. The summed E-state index contributed by atoms with van der Waals surface area (Å²) in [4.78, 5) is 0. The average Bonchev–Trinajstić information content (AvgIpc) is 2.27. The molecule has 88 valence electrons. The van der Waals surface area contributed by atoms with Crippen LogP contribution in [0.2, 0.25) is 0 Å². The van der Waals surface area contributed by atoms with E-state index in [0.29, 0.717) is 11.5 Å². The first-order valence-electron chi connectivity index (χ1n) is 6.39. The molecule has 2 N–H and O–H groups in total. The van der Waals surface area contributed by atoms with Gasteiger partial charge in [0.15, 0.2) is 0 Å². The van der Waals surface area contributed by atoms with E-state index in [1.54, 1.807) is 0 Å². The molecular weight excluding hydrogens is 194 g/mol. The lowest BCUT2D eigenvalue weighted by Gasteiger charge is -2.36. The number of nitrogens with two attached hydrogens (primary N) is 1. The van der Waals surface area contributed by atoms with E-state index in [2.05, 4.69) is 38.1 Å². The molecule has 1 fully saturated rings. The van der Waals surface area contributed by atoms with Crippen LogP contribution in [0.5, 0.6) is 0 Å². The first-order valence-corrected chi connectivity index (χ1v) is 6.39. The number of aryl methyl sites for hydroxylation is 1. The molecule has 0 aromatic heterocycles. The molecule has 0 amide bonds. The number of hydrogen-bond donors (Lipinski definition) is 1. The second kappa shape index (κ2) is 4.58. The summed E-state index contributed by atoms with van der Waals surface area (Å²) in [5.74, 6) is 0. The standard InChI is InChI=1S/C15H23N/c1-12-5-3-4-6-13(12)11-15(2)9-7-14(16)8-10-15/h3-6,14H,7-11,16H2,1-2H3. The van der Waals surface area contributed by atoms with Crippen molar-refractivity contribution in [1.29, 1.82) is 0 Å². The first kappa shape index (κ1) is 11.7. The summed E-state index contributed by atoms with van der Waals surface area (Å²) in [5.41, 5.74) is 9.40. The maximum absolute atomic E-state index is 5.98. The zero-order valence-corrected chi connectivity index (χ0v) is 10.5. The molecule has 1 aromatic carbocycles. The molecule has 1 aromatic rings. The Hall–Kier alpha value is -0.820. The van der Waals surface area contributed by atoms with Crippen molar-refractivity contribution in [2.24, 2.45) is 11.1 Å². The van der Waals surface area contributed by atoms with Gasteiger partial charge in [0.1, 0.15) is 0 Å². The van der Waals surface area contributed by atoms with E-state index in [1.165, 1.54) is 43.2 Å². The smallest absolute Gasteiger partial charge is 0.00392 e. The molecule has 0 bridgehead atoms. The molecular formula is C15H23N. The lowest BCUT2D eigenvalue weighted by molar-refractivity contribution is 0.198. The lowest BCUT2D eigenvalue weighted by Crippen LogP contribution is -2.33. The summed E-state index contributed by atoms with van der Waals surface area (Å²) >= 11 is 0. The minimum atomic E-state index is 0.449. The molecule has 0 aliphatic heterocycles. The highest BCUT2D eigenvalue weighted by Gasteiger charge is 2.30. The summed E-state index contributed by atoms with van der Waals surface area (Å²) in [7, 11) is 0. The predicted octanol–water partition coefficient (Wildman–Crippen LogP) is 3.45. The van der Waals surface area contributed by atoms with Gasteiger partial charge >= 0.3 is 0 Å². The Morgan fingerprint density at radius 3 is 2.50 bits per heavy atom. The fraction of sp³-hybridized carbons (Fsp3) is 0.600. The first-order chi connectivity index (χ1) is 7.59. The topological polar surface area (TPSA) is 26.0 Å². The van der Waals surface area contributed by atoms with Crippen LogP contribution in [0.4, 0.5) is 0 Å². The molecule has 0 heterocycles. The van der Waals surface area contributed by atoms with Crippen molar-refractivity contribution in [2.45, 2.75) is 52.0 Å². The van der Waals surface area contributed by atoms with Gasteiger partial charge in [0.2, 0.25) is 0 Å². The van der Waals surface area contributed by atoms with E-state index in [9.17, 15) is 0 Å². The Kier molecular flexibility index (Phi) is 3.34. The maximum atomic E-state index is 5.98. The summed E-state index contributed by atoms with van der Waals surface area (Å²) < 4.78 is 0. The molecule has 0 unspecified atom stereocenters. The number of rotatable bonds is 2. The Labute approximate surface area is 99.0 Å². The van der Waals surface area contributed by atoms with Gasteiger partial charge in [-0.05, 0) is 55.6 Å². The SMILES string of the molecule is Cc1ccccc1CC1(C)CCC(N)CC1. The van der Waals surface area contributed by atoms with Crippen LogP contribution in [-0.4, -0.2) is 6.04 Å². The normalized spacial score (nSPS) is 30.3. The Morgan fingerprint density at radius 1 is 1.25 bits per heavy atom. The molecule has 1 nitrogen and oxygen atoms in total. The number of hydrogen-bond acceptors (Lipinski definition) is 1. The molecule has 0 radical (unpaired) electrons. The van der Waals surface area contributed by atoms with Crippen LogP contribution in [0.15, 0.2) is 24.3 Å². The van der Waals surface area contributed by atoms with Gasteiger partial charge < -0.3 is 5.73 Å². The van der Waals surface area contributed by atoms with Crippen LogP contribution in [0, 0.1) is 12.3 Å². The molecule has 2 rings (SSSR count). The average molecular weight is 217 g/mol. The van der Waals surface area contributed by atoms with E-state index < -0.39 is 0 Å². The van der Waals surface area contributed by atoms with Gasteiger partial charge in [0, 0.05) is 6.04 Å². The van der Waals surface area contributed by atoms with E-state index in [-0.39, 0.29) is 0 Å². The minimum absolute atomic E-state index is 0.449. The van der Waals surface area contributed by atoms with Crippen LogP contribution in [0.25, 0.3) is 0 Å². The van der Waals surface area contributed by atoms with Crippen molar-refractivity contribution >= 4 is 0 Å². The van der Waals surface area contributed by atoms with Gasteiger partial charge in [0.25, 0.3) is 0 Å². The van der Waals surface area contributed by atoms with Gasteiger partial charge in [-0.15, -0.1) is 0 Å². The fourth-order valence-corrected chi connectivity index (χ4v) is 2.78. The fourth-order valence-electron chi connectivity index (χ4n) is 2.78. The van der Waals surface area contributed by atoms with Crippen molar-refractivity contribution in [3.63, 3.8) is 0 Å². The van der Waals surface area contributed by atoms with Gasteiger partial charge in [-0.2, -0.15) is 0 Å². The highest BCUT2D eigenvalue weighted by atomic mass is 14.6. The molecule has 1 aliphatic rings. The Balaban J connectivity index is 2.07. The van der Waals surface area contributed by atoms with Crippen molar-refractivity contribution in [3.8, 4) is 0 Å². The Morgan fingerprint density at radius 2 is 1.88 bits per heavy atom. The monoisotopic (exact) mass is 217 g/mol. The van der Waals surface area contributed by atoms with Crippen LogP contribution in [0.3, 0.4) is 0 Å². The third kappa shape index (κ3) is 2.65. The second-order valence-electron chi connectivity index (χ2n) is 5.75. The van der Waals surface area contributed by atoms with Gasteiger partial charge in [0.05, 0.1) is 0 Å². The molecule has 0 saturated heterocycles. The highest BCUT2D eigenvalue weighted by molar-refractivity contribution is 5.26. The van der Waals surface area contributed by atoms with Crippen LogP contribution in [0.1, 0.15) is 43.7 Å². The van der Waals surface area contributed by atoms with E-state index in [0.717, 1.165) is 0 Å². The summed E-state index contributed by atoms with van der Waals surface area (Å²) in [6.45, 7) is 4.64. The maximum Gasteiger partial charge on any atom is 0.00392 e.